The van der Waals surface area contributed by atoms with E-state index in [9.17, 15) is 21.6 Å². The molecular formula is C20H17F3N2O4S. The van der Waals surface area contributed by atoms with Gasteiger partial charge in [0.05, 0.1) is 19.1 Å². The number of aromatic nitrogens is 1. The molecule has 10 heteroatoms. The van der Waals surface area contributed by atoms with Crippen molar-refractivity contribution in [2.24, 2.45) is 5.14 Å². The number of hydrogen-bond donors (Lipinski definition) is 1. The van der Waals surface area contributed by atoms with Crippen LogP contribution in [0.5, 0.6) is 11.6 Å². The molecule has 2 aromatic carbocycles. The van der Waals surface area contributed by atoms with Gasteiger partial charge in [0.2, 0.25) is 15.9 Å². The highest BCUT2D eigenvalue weighted by Crippen LogP contribution is 2.43. The van der Waals surface area contributed by atoms with Gasteiger partial charge in [0.15, 0.2) is 5.69 Å². The number of nitrogens with zero attached hydrogens (tertiary/aromatic N) is 1. The summed E-state index contributed by atoms with van der Waals surface area (Å²) in [6.07, 6.45) is -4.76. The van der Waals surface area contributed by atoms with Crippen molar-refractivity contribution in [3.8, 4) is 33.9 Å². The van der Waals surface area contributed by atoms with Crippen LogP contribution in [0.2, 0.25) is 0 Å². The lowest BCUT2D eigenvalue weighted by atomic mass is 9.93. The summed E-state index contributed by atoms with van der Waals surface area (Å²) in [7, 11) is -1.29. The molecule has 158 valence electrons. The molecule has 0 unspecified atom stereocenters. The topological polar surface area (TPSA) is 91.5 Å². The minimum atomic E-state index is -4.76. The molecule has 2 N–H and O–H groups in total. The van der Waals surface area contributed by atoms with E-state index in [2.05, 4.69) is 4.98 Å². The van der Waals surface area contributed by atoms with E-state index >= 15 is 0 Å². The van der Waals surface area contributed by atoms with Gasteiger partial charge in [0.1, 0.15) is 5.75 Å². The van der Waals surface area contributed by atoms with Crippen LogP contribution in [0.4, 0.5) is 13.2 Å². The molecule has 0 saturated heterocycles. The van der Waals surface area contributed by atoms with Gasteiger partial charge in [-0.25, -0.2) is 18.5 Å². The Morgan fingerprint density at radius 3 is 1.93 bits per heavy atom. The van der Waals surface area contributed by atoms with Gasteiger partial charge in [-0.05, 0) is 41.0 Å². The molecule has 0 spiro atoms. The quantitative estimate of drug-likeness (QED) is 0.648. The van der Waals surface area contributed by atoms with Crippen LogP contribution in [0.15, 0.2) is 59.5 Å². The minimum Gasteiger partial charge on any atom is -0.497 e. The van der Waals surface area contributed by atoms with E-state index in [4.69, 9.17) is 14.6 Å². The summed E-state index contributed by atoms with van der Waals surface area (Å²) >= 11 is 0. The minimum absolute atomic E-state index is 0.158. The number of rotatable bonds is 5. The van der Waals surface area contributed by atoms with Crippen LogP contribution in [-0.2, 0) is 16.2 Å². The number of hydrogen-bond acceptors (Lipinski definition) is 5. The fraction of sp³-hybridized carbons (Fsp3) is 0.150. The summed E-state index contributed by atoms with van der Waals surface area (Å²) in [4.78, 5) is 3.47. The van der Waals surface area contributed by atoms with Gasteiger partial charge in [-0.2, -0.15) is 13.2 Å². The zero-order chi connectivity index (χ0) is 22.1. The zero-order valence-corrected chi connectivity index (χ0v) is 16.7. The Bertz CT molecular complexity index is 1160. The number of pyridine rings is 1. The third kappa shape index (κ3) is 4.39. The molecule has 3 aromatic rings. The first-order chi connectivity index (χ1) is 14.0. The molecule has 0 fully saturated rings. The molecule has 0 atom stereocenters. The molecule has 0 saturated carbocycles. The first-order valence-electron chi connectivity index (χ1n) is 8.48. The smallest absolute Gasteiger partial charge is 0.434 e. The SMILES string of the molecule is COc1ccc(-c2c(-c3ccc(S(N)(=O)=O)cc3)cc(OC)nc2C(F)(F)F)cc1. The lowest BCUT2D eigenvalue weighted by molar-refractivity contribution is -0.140. The molecule has 0 aliphatic heterocycles. The standard InChI is InChI=1S/C20H17F3N2O4S/c1-28-14-7-3-13(4-8-14)18-16(11-17(29-2)25-19(18)20(21,22)23)12-5-9-15(10-6-12)30(24,26)27/h3-11H,1-2H3,(H2,24,26,27). The maximum absolute atomic E-state index is 13.9. The summed E-state index contributed by atoms with van der Waals surface area (Å²) in [6, 6.07) is 12.6. The highest BCUT2D eigenvalue weighted by atomic mass is 32.2. The van der Waals surface area contributed by atoms with Gasteiger partial charge in [-0.15, -0.1) is 0 Å². The Kier molecular flexibility index (Phi) is 5.73. The van der Waals surface area contributed by atoms with E-state index in [0.29, 0.717) is 11.3 Å². The summed E-state index contributed by atoms with van der Waals surface area (Å²) in [5, 5.41) is 5.10. The number of alkyl halides is 3. The summed E-state index contributed by atoms with van der Waals surface area (Å²) in [5.74, 6) is 0.248. The average molecular weight is 438 g/mol. The predicted octanol–water partition coefficient (Wildman–Crippen LogP) is 4.10. The van der Waals surface area contributed by atoms with E-state index in [1.807, 2.05) is 0 Å². The van der Waals surface area contributed by atoms with Crippen LogP contribution in [-0.4, -0.2) is 27.6 Å². The number of ether oxygens (including phenoxy) is 2. The van der Waals surface area contributed by atoms with Crippen LogP contribution >= 0.6 is 0 Å². The Labute approximate surface area is 171 Å². The lowest BCUT2D eigenvalue weighted by Gasteiger charge is -2.18. The molecule has 1 heterocycles. The summed E-state index contributed by atoms with van der Waals surface area (Å²) < 4.78 is 74.7. The van der Waals surface area contributed by atoms with Crippen LogP contribution in [0.3, 0.4) is 0 Å². The number of sulfonamides is 1. The van der Waals surface area contributed by atoms with Crippen LogP contribution in [0.25, 0.3) is 22.3 Å². The van der Waals surface area contributed by atoms with Gasteiger partial charge < -0.3 is 9.47 Å². The van der Waals surface area contributed by atoms with Gasteiger partial charge in [-0.1, -0.05) is 24.3 Å². The number of methoxy groups -OCH3 is 2. The molecule has 30 heavy (non-hydrogen) atoms. The average Bonchev–Trinajstić information content (AvgIpc) is 2.71. The third-order valence-corrected chi connectivity index (χ3v) is 5.28. The van der Waals surface area contributed by atoms with Crippen molar-refractivity contribution in [3.05, 3.63) is 60.3 Å². The van der Waals surface area contributed by atoms with Gasteiger partial charge in [0.25, 0.3) is 0 Å². The van der Waals surface area contributed by atoms with E-state index in [1.165, 1.54) is 68.8 Å². The number of primary sulfonamides is 1. The van der Waals surface area contributed by atoms with E-state index in [0.717, 1.165) is 0 Å². The molecule has 0 amide bonds. The van der Waals surface area contributed by atoms with Crippen LogP contribution in [0.1, 0.15) is 5.69 Å². The van der Waals surface area contributed by atoms with Gasteiger partial charge in [0, 0.05) is 11.6 Å². The first kappa shape index (κ1) is 21.6. The maximum atomic E-state index is 13.9. The molecule has 0 bridgehead atoms. The Morgan fingerprint density at radius 2 is 1.47 bits per heavy atom. The van der Waals surface area contributed by atoms with Crippen molar-refractivity contribution in [2.45, 2.75) is 11.1 Å². The second-order valence-corrected chi connectivity index (χ2v) is 7.79. The van der Waals surface area contributed by atoms with Gasteiger partial charge >= 0.3 is 6.18 Å². The summed E-state index contributed by atoms with van der Waals surface area (Å²) in [5.41, 5.74) is -0.546. The maximum Gasteiger partial charge on any atom is 0.434 e. The molecule has 0 radical (unpaired) electrons. The van der Waals surface area contributed by atoms with Crippen LogP contribution in [0, 0.1) is 0 Å². The molecule has 3 rings (SSSR count). The molecular weight excluding hydrogens is 421 g/mol. The van der Waals surface area contributed by atoms with Crippen molar-refractivity contribution >= 4 is 10.0 Å². The first-order valence-corrected chi connectivity index (χ1v) is 10.0. The largest absolute Gasteiger partial charge is 0.497 e. The second kappa shape index (κ2) is 7.96. The Morgan fingerprint density at radius 1 is 0.900 bits per heavy atom. The van der Waals surface area contributed by atoms with Crippen molar-refractivity contribution in [2.75, 3.05) is 14.2 Å². The molecule has 6 nitrogen and oxygen atoms in total. The predicted molar refractivity (Wildman–Crippen MR) is 105 cm³/mol. The third-order valence-electron chi connectivity index (χ3n) is 4.35. The van der Waals surface area contributed by atoms with Crippen molar-refractivity contribution in [3.63, 3.8) is 0 Å². The Balaban J connectivity index is 2.32. The summed E-state index contributed by atoms with van der Waals surface area (Å²) in [6.45, 7) is 0. The Hall–Kier alpha value is -3.11. The van der Waals surface area contributed by atoms with Crippen molar-refractivity contribution in [1.82, 2.24) is 4.98 Å². The normalized spacial score (nSPS) is 11.9. The fourth-order valence-electron chi connectivity index (χ4n) is 2.93. The second-order valence-electron chi connectivity index (χ2n) is 6.23. The number of benzene rings is 2. The van der Waals surface area contributed by atoms with Crippen molar-refractivity contribution < 1.29 is 31.1 Å². The van der Waals surface area contributed by atoms with E-state index in [-0.39, 0.29) is 27.5 Å². The van der Waals surface area contributed by atoms with Crippen LogP contribution < -0.4 is 14.6 Å². The number of nitrogens with two attached hydrogens (primary N) is 1. The van der Waals surface area contributed by atoms with E-state index in [1.54, 1.807) is 0 Å². The molecule has 1 aromatic heterocycles. The molecule has 0 aliphatic rings. The zero-order valence-electron chi connectivity index (χ0n) is 15.9. The number of halogens is 3. The fourth-order valence-corrected chi connectivity index (χ4v) is 3.45. The lowest BCUT2D eigenvalue weighted by Crippen LogP contribution is -2.13. The van der Waals surface area contributed by atoms with E-state index < -0.39 is 21.9 Å². The monoisotopic (exact) mass is 438 g/mol. The van der Waals surface area contributed by atoms with Gasteiger partial charge in [-0.3, -0.25) is 0 Å². The van der Waals surface area contributed by atoms with Crippen molar-refractivity contribution in [1.29, 1.82) is 0 Å². The highest BCUT2D eigenvalue weighted by molar-refractivity contribution is 7.89. The molecule has 0 aliphatic carbocycles. The highest BCUT2D eigenvalue weighted by Gasteiger charge is 2.38.